The highest BCUT2D eigenvalue weighted by Gasteiger charge is 2.24. The summed E-state index contributed by atoms with van der Waals surface area (Å²) in [6.07, 6.45) is 3.08. The van der Waals surface area contributed by atoms with Gasteiger partial charge in [0.15, 0.2) is 11.2 Å². The van der Waals surface area contributed by atoms with Gasteiger partial charge in [0.2, 0.25) is 5.95 Å². The SMILES string of the molecule is Cn1c(=O)[nH]c(=O)c2c1nc(N1CCCCC(N)C1)n2Cc1ccccc1. The van der Waals surface area contributed by atoms with Crippen LogP contribution in [-0.2, 0) is 13.6 Å². The first-order valence-corrected chi connectivity index (χ1v) is 9.28. The van der Waals surface area contributed by atoms with Gasteiger partial charge in [0, 0.05) is 26.2 Å². The zero-order chi connectivity index (χ0) is 19.0. The Morgan fingerprint density at radius 1 is 1.22 bits per heavy atom. The van der Waals surface area contributed by atoms with E-state index in [4.69, 9.17) is 10.7 Å². The Morgan fingerprint density at radius 2 is 2.00 bits per heavy atom. The van der Waals surface area contributed by atoms with Gasteiger partial charge in [0.05, 0.1) is 6.54 Å². The first-order valence-electron chi connectivity index (χ1n) is 9.28. The fraction of sp³-hybridized carbons (Fsp3) is 0.421. The molecule has 0 bridgehead atoms. The quantitative estimate of drug-likeness (QED) is 0.712. The standard InChI is InChI=1S/C19H24N6O2/c1-23-16-15(17(26)22-19(23)27)25(11-13-7-3-2-4-8-13)18(21-16)24-10-6-5-9-14(20)12-24/h2-4,7-8,14H,5-6,9-12,20H2,1H3,(H,22,26,27). The lowest BCUT2D eigenvalue weighted by molar-refractivity contribution is 0.615. The number of aryl methyl sites for hydroxylation is 1. The predicted octanol–water partition coefficient (Wildman–Crippen LogP) is 0.789. The molecular formula is C19H24N6O2. The second kappa shape index (κ2) is 7.03. The molecule has 1 aliphatic heterocycles. The van der Waals surface area contributed by atoms with Crippen LogP contribution < -0.4 is 21.9 Å². The van der Waals surface area contributed by atoms with Crippen LogP contribution in [-0.4, -0.2) is 38.2 Å². The van der Waals surface area contributed by atoms with E-state index in [0.29, 0.717) is 30.2 Å². The number of nitrogens with one attached hydrogen (secondary N) is 1. The van der Waals surface area contributed by atoms with Crippen LogP contribution in [0, 0.1) is 0 Å². The summed E-state index contributed by atoms with van der Waals surface area (Å²) in [6.45, 7) is 2.02. The van der Waals surface area contributed by atoms with E-state index in [9.17, 15) is 9.59 Å². The van der Waals surface area contributed by atoms with Crippen LogP contribution in [0.1, 0.15) is 24.8 Å². The normalized spacial score (nSPS) is 18.0. The van der Waals surface area contributed by atoms with Gasteiger partial charge in [-0.25, -0.2) is 4.79 Å². The highest BCUT2D eigenvalue weighted by molar-refractivity contribution is 5.74. The monoisotopic (exact) mass is 368 g/mol. The molecule has 0 radical (unpaired) electrons. The molecule has 1 saturated heterocycles. The van der Waals surface area contributed by atoms with Crippen LogP contribution in [0.2, 0.25) is 0 Å². The molecule has 1 aliphatic rings. The molecule has 0 aliphatic carbocycles. The highest BCUT2D eigenvalue weighted by atomic mass is 16.2. The van der Waals surface area contributed by atoms with Gasteiger partial charge >= 0.3 is 5.69 Å². The summed E-state index contributed by atoms with van der Waals surface area (Å²) in [7, 11) is 1.62. The van der Waals surface area contributed by atoms with Crippen molar-refractivity contribution in [3.8, 4) is 0 Å². The maximum Gasteiger partial charge on any atom is 0.329 e. The third-order valence-corrected chi connectivity index (χ3v) is 5.16. The van der Waals surface area contributed by atoms with Gasteiger partial charge in [-0.3, -0.25) is 18.9 Å². The van der Waals surface area contributed by atoms with E-state index < -0.39 is 11.2 Å². The van der Waals surface area contributed by atoms with Gasteiger partial charge in [-0.05, 0) is 18.4 Å². The van der Waals surface area contributed by atoms with Crippen molar-refractivity contribution in [3.63, 3.8) is 0 Å². The van der Waals surface area contributed by atoms with Crippen LogP contribution in [0.25, 0.3) is 11.2 Å². The van der Waals surface area contributed by atoms with E-state index in [1.807, 2.05) is 34.9 Å². The second-order valence-electron chi connectivity index (χ2n) is 7.18. The third kappa shape index (κ3) is 3.28. The Labute approximate surface area is 156 Å². The number of rotatable bonds is 3. The van der Waals surface area contributed by atoms with E-state index in [0.717, 1.165) is 31.4 Å². The van der Waals surface area contributed by atoms with Crippen LogP contribution in [0.5, 0.6) is 0 Å². The average Bonchev–Trinajstić information content (AvgIpc) is 2.89. The Bertz CT molecular complexity index is 1070. The molecule has 27 heavy (non-hydrogen) atoms. The van der Waals surface area contributed by atoms with Crippen LogP contribution in [0.4, 0.5) is 5.95 Å². The summed E-state index contributed by atoms with van der Waals surface area (Å²) in [5.41, 5.74) is 7.23. The van der Waals surface area contributed by atoms with Crippen molar-refractivity contribution in [1.29, 1.82) is 0 Å². The molecule has 3 N–H and O–H groups in total. The van der Waals surface area contributed by atoms with E-state index in [2.05, 4.69) is 9.88 Å². The minimum Gasteiger partial charge on any atom is -0.341 e. The van der Waals surface area contributed by atoms with Gasteiger partial charge in [0.25, 0.3) is 5.56 Å². The summed E-state index contributed by atoms with van der Waals surface area (Å²) < 4.78 is 3.29. The number of fused-ring (bicyclic) bond motifs is 1. The summed E-state index contributed by atoms with van der Waals surface area (Å²) in [5, 5.41) is 0. The molecule has 1 unspecified atom stereocenters. The molecule has 1 aromatic carbocycles. The number of hydrogen-bond acceptors (Lipinski definition) is 5. The van der Waals surface area contributed by atoms with Crippen molar-refractivity contribution in [2.45, 2.75) is 31.8 Å². The Balaban J connectivity index is 1.92. The van der Waals surface area contributed by atoms with Gasteiger partial charge in [-0.2, -0.15) is 4.98 Å². The average molecular weight is 368 g/mol. The van der Waals surface area contributed by atoms with Crippen molar-refractivity contribution in [3.05, 3.63) is 56.7 Å². The first kappa shape index (κ1) is 17.5. The molecular weight excluding hydrogens is 344 g/mol. The minimum atomic E-state index is -0.462. The molecule has 1 atom stereocenters. The molecule has 142 valence electrons. The van der Waals surface area contributed by atoms with Crippen molar-refractivity contribution >= 4 is 17.1 Å². The fourth-order valence-corrected chi connectivity index (χ4v) is 3.74. The number of anilines is 1. The van der Waals surface area contributed by atoms with Crippen molar-refractivity contribution < 1.29 is 0 Å². The van der Waals surface area contributed by atoms with E-state index in [1.165, 1.54) is 4.57 Å². The number of nitrogens with zero attached hydrogens (tertiary/aromatic N) is 4. The summed E-state index contributed by atoms with van der Waals surface area (Å²) in [6, 6.07) is 9.99. The van der Waals surface area contributed by atoms with Crippen LogP contribution in [0.3, 0.4) is 0 Å². The third-order valence-electron chi connectivity index (χ3n) is 5.16. The second-order valence-corrected chi connectivity index (χ2v) is 7.18. The largest absolute Gasteiger partial charge is 0.341 e. The van der Waals surface area contributed by atoms with Crippen molar-refractivity contribution in [2.75, 3.05) is 18.0 Å². The van der Waals surface area contributed by atoms with Crippen LogP contribution in [0.15, 0.2) is 39.9 Å². The molecule has 3 heterocycles. The molecule has 0 spiro atoms. The van der Waals surface area contributed by atoms with Crippen molar-refractivity contribution in [1.82, 2.24) is 19.1 Å². The van der Waals surface area contributed by atoms with Crippen molar-refractivity contribution in [2.24, 2.45) is 12.8 Å². The molecule has 0 saturated carbocycles. The Hall–Kier alpha value is -2.87. The number of aromatic nitrogens is 4. The van der Waals surface area contributed by atoms with E-state index in [-0.39, 0.29) is 6.04 Å². The summed E-state index contributed by atoms with van der Waals surface area (Å²) in [4.78, 5) is 33.9. The number of nitrogens with two attached hydrogens (primary N) is 1. The molecule has 3 aromatic rings. The minimum absolute atomic E-state index is 0.0691. The summed E-state index contributed by atoms with van der Waals surface area (Å²) in [5.74, 6) is 0.693. The topological polar surface area (TPSA) is 102 Å². The van der Waals surface area contributed by atoms with Gasteiger partial charge in [-0.15, -0.1) is 0 Å². The van der Waals surface area contributed by atoms with Gasteiger partial charge in [-0.1, -0.05) is 36.8 Å². The van der Waals surface area contributed by atoms with Gasteiger partial charge in [0.1, 0.15) is 0 Å². The first-order chi connectivity index (χ1) is 13.0. The number of aromatic amines is 1. The Morgan fingerprint density at radius 3 is 2.78 bits per heavy atom. The smallest absolute Gasteiger partial charge is 0.329 e. The highest BCUT2D eigenvalue weighted by Crippen LogP contribution is 2.23. The van der Waals surface area contributed by atoms with E-state index >= 15 is 0 Å². The predicted molar refractivity (Wildman–Crippen MR) is 105 cm³/mol. The fourth-order valence-electron chi connectivity index (χ4n) is 3.74. The lowest BCUT2D eigenvalue weighted by atomic mass is 10.2. The van der Waals surface area contributed by atoms with Gasteiger partial charge < -0.3 is 10.6 Å². The molecule has 4 rings (SSSR count). The number of benzene rings is 1. The summed E-state index contributed by atoms with van der Waals surface area (Å²) >= 11 is 0. The molecule has 0 amide bonds. The number of imidazole rings is 1. The van der Waals surface area contributed by atoms with Crippen LogP contribution >= 0.6 is 0 Å². The lowest BCUT2D eigenvalue weighted by Crippen LogP contribution is -2.37. The lowest BCUT2D eigenvalue weighted by Gasteiger charge is -2.24. The Kier molecular flexibility index (Phi) is 4.57. The zero-order valence-electron chi connectivity index (χ0n) is 15.4. The maximum absolute atomic E-state index is 12.6. The zero-order valence-corrected chi connectivity index (χ0v) is 15.4. The molecule has 2 aromatic heterocycles. The number of hydrogen-bond donors (Lipinski definition) is 2. The molecule has 1 fully saturated rings. The number of H-pyrrole nitrogens is 1. The molecule has 8 heteroatoms. The van der Waals surface area contributed by atoms with E-state index in [1.54, 1.807) is 7.05 Å². The molecule has 8 nitrogen and oxygen atoms in total. The maximum atomic E-state index is 12.6.